The van der Waals surface area contributed by atoms with Crippen molar-refractivity contribution in [3.05, 3.63) is 30.3 Å². The number of amides is 2. The number of carbonyl (C=O) groups is 3. The van der Waals surface area contributed by atoms with E-state index in [1.165, 1.54) is 0 Å². The Bertz CT molecular complexity index is 672. The summed E-state index contributed by atoms with van der Waals surface area (Å²) in [6, 6.07) is 8.32. The smallest absolute Gasteiger partial charge is 0.305 e. The number of para-hydroxylation sites is 1. The molecule has 0 aliphatic heterocycles. The zero-order valence-electron chi connectivity index (χ0n) is 12.5. The van der Waals surface area contributed by atoms with Gasteiger partial charge in [0.15, 0.2) is 9.84 Å². The minimum absolute atomic E-state index is 0.176. The highest BCUT2D eigenvalue weighted by atomic mass is 32.2. The Kier molecular flexibility index (Phi) is 6.70. The van der Waals surface area contributed by atoms with Crippen molar-refractivity contribution in [1.82, 2.24) is 5.32 Å². The van der Waals surface area contributed by atoms with Crippen molar-refractivity contribution in [3.63, 3.8) is 0 Å². The van der Waals surface area contributed by atoms with Gasteiger partial charge in [-0.05, 0) is 19.1 Å². The molecule has 1 unspecified atom stereocenters. The van der Waals surface area contributed by atoms with Gasteiger partial charge in [-0.25, -0.2) is 8.42 Å². The maximum Gasteiger partial charge on any atom is 0.305 e. The summed E-state index contributed by atoms with van der Waals surface area (Å²) in [5.41, 5.74) is 0.450. The average molecular weight is 342 g/mol. The van der Waals surface area contributed by atoms with Gasteiger partial charge in [0.1, 0.15) is 11.0 Å². The molecule has 8 nitrogen and oxygen atoms in total. The van der Waals surface area contributed by atoms with Crippen molar-refractivity contribution in [2.75, 3.05) is 17.6 Å². The first-order valence-corrected chi connectivity index (χ1v) is 8.50. The second-order valence-electron chi connectivity index (χ2n) is 4.80. The Hall–Kier alpha value is -2.42. The van der Waals surface area contributed by atoms with Gasteiger partial charge < -0.3 is 15.7 Å². The molecule has 0 aliphatic carbocycles. The number of aliphatic carboxylic acids is 1. The fourth-order valence-corrected chi connectivity index (χ4v) is 2.72. The van der Waals surface area contributed by atoms with E-state index in [0.717, 1.165) is 6.92 Å². The number of rotatable bonds is 8. The lowest BCUT2D eigenvalue weighted by Crippen LogP contribution is -2.41. The van der Waals surface area contributed by atoms with Crippen LogP contribution < -0.4 is 10.6 Å². The maximum absolute atomic E-state index is 12.0. The van der Waals surface area contributed by atoms with Crippen LogP contribution in [0.25, 0.3) is 0 Å². The lowest BCUT2D eigenvalue weighted by atomic mass is 10.3. The second kappa shape index (κ2) is 8.28. The Morgan fingerprint density at radius 3 is 2.35 bits per heavy atom. The van der Waals surface area contributed by atoms with Gasteiger partial charge >= 0.3 is 5.97 Å². The molecule has 3 N–H and O–H groups in total. The number of carbonyl (C=O) groups excluding carboxylic acids is 2. The molecule has 0 aliphatic rings. The molecule has 0 bridgehead atoms. The predicted molar refractivity (Wildman–Crippen MR) is 83.6 cm³/mol. The van der Waals surface area contributed by atoms with E-state index in [1.807, 2.05) is 0 Å². The number of anilines is 1. The van der Waals surface area contributed by atoms with E-state index in [-0.39, 0.29) is 13.0 Å². The summed E-state index contributed by atoms with van der Waals surface area (Å²) in [7, 11) is -4.00. The third-order valence-corrected chi connectivity index (χ3v) is 4.89. The highest BCUT2D eigenvalue weighted by Crippen LogP contribution is 2.07. The van der Waals surface area contributed by atoms with Crippen LogP contribution in [0.15, 0.2) is 30.3 Å². The summed E-state index contributed by atoms with van der Waals surface area (Å²) < 4.78 is 24.1. The molecule has 0 fully saturated rings. The number of sulfone groups is 1. The Balaban J connectivity index is 2.58. The van der Waals surface area contributed by atoms with Gasteiger partial charge in [0, 0.05) is 12.2 Å². The Morgan fingerprint density at radius 2 is 1.78 bits per heavy atom. The van der Waals surface area contributed by atoms with E-state index >= 15 is 0 Å². The van der Waals surface area contributed by atoms with Crippen molar-refractivity contribution in [1.29, 1.82) is 0 Å². The molecule has 0 saturated heterocycles. The molecule has 0 radical (unpaired) electrons. The molecule has 2 amide bonds. The maximum atomic E-state index is 12.0. The van der Waals surface area contributed by atoms with Gasteiger partial charge in [-0.3, -0.25) is 14.4 Å². The van der Waals surface area contributed by atoms with Gasteiger partial charge in [0.05, 0.1) is 6.42 Å². The molecule has 0 spiro atoms. The summed E-state index contributed by atoms with van der Waals surface area (Å²) in [6.07, 6.45) is -0.312. The molecule has 1 aromatic rings. The first-order chi connectivity index (χ1) is 10.7. The van der Waals surface area contributed by atoms with E-state index < -0.39 is 38.6 Å². The van der Waals surface area contributed by atoms with Crippen molar-refractivity contribution < 1.29 is 27.9 Å². The predicted octanol–water partition coefficient (Wildman–Crippen LogP) is 0.0193. The van der Waals surface area contributed by atoms with Crippen LogP contribution in [0.3, 0.4) is 0 Å². The van der Waals surface area contributed by atoms with Gasteiger partial charge in [-0.2, -0.15) is 0 Å². The summed E-state index contributed by atoms with van der Waals surface area (Å²) >= 11 is 0. The van der Waals surface area contributed by atoms with Crippen molar-refractivity contribution >= 4 is 33.3 Å². The zero-order chi connectivity index (χ0) is 17.5. The Labute approximate surface area is 133 Å². The van der Waals surface area contributed by atoms with Crippen molar-refractivity contribution in [2.45, 2.75) is 18.6 Å². The number of benzene rings is 1. The van der Waals surface area contributed by atoms with Crippen LogP contribution in [0.5, 0.6) is 0 Å². The minimum Gasteiger partial charge on any atom is -0.481 e. The highest BCUT2D eigenvalue weighted by molar-refractivity contribution is 7.93. The van der Waals surface area contributed by atoms with Crippen LogP contribution in [-0.2, 0) is 24.2 Å². The fraction of sp³-hybridized carbons (Fsp3) is 0.357. The van der Waals surface area contributed by atoms with Crippen LogP contribution in [0.2, 0.25) is 0 Å². The number of carboxylic acids is 1. The lowest BCUT2D eigenvalue weighted by Gasteiger charge is -2.13. The lowest BCUT2D eigenvalue weighted by molar-refractivity contribution is -0.137. The van der Waals surface area contributed by atoms with E-state index in [1.54, 1.807) is 30.3 Å². The van der Waals surface area contributed by atoms with Crippen LogP contribution in [0.1, 0.15) is 13.3 Å². The molecule has 0 aromatic heterocycles. The molecule has 1 aromatic carbocycles. The molecule has 0 saturated carbocycles. The molecule has 23 heavy (non-hydrogen) atoms. The molecule has 9 heteroatoms. The largest absolute Gasteiger partial charge is 0.481 e. The van der Waals surface area contributed by atoms with E-state index in [0.29, 0.717) is 5.69 Å². The third kappa shape index (κ3) is 6.47. The quantitative estimate of drug-likeness (QED) is 0.610. The SMILES string of the molecule is CC(C(=O)NCCC(=O)O)S(=O)(=O)CC(=O)Nc1ccccc1. The van der Waals surface area contributed by atoms with E-state index in [9.17, 15) is 22.8 Å². The monoisotopic (exact) mass is 342 g/mol. The standard InChI is InChI=1S/C14H18N2O6S/c1-10(14(20)15-8-7-13(18)19)23(21,22)9-12(17)16-11-5-3-2-4-6-11/h2-6,10H,7-9H2,1H3,(H,15,20)(H,16,17)(H,18,19). The van der Waals surface area contributed by atoms with Crippen LogP contribution >= 0.6 is 0 Å². The summed E-state index contributed by atoms with van der Waals surface area (Å²) in [5, 5.41) is 11.6. The summed E-state index contributed by atoms with van der Waals surface area (Å²) in [4.78, 5) is 33.8. The van der Waals surface area contributed by atoms with Crippen LogP contribution in [-0.4, -0.2) is 48.9 Å². The molecule has 0 heterocycles. The first kappa shape index (κ1) is 18.6. The summed E-state index contributed by atoms with van der Waals surface area (Å²) in [6.45, 7) is 0.978. The van der Waals surface area contributed by atoms with E-state index in [2.05, 4.69) is 10.6 Å². The molecular weight excluding hydrogens is 324 g/mol. The van der Waals surface area contributed by atoms with Crippen molar-refractivity contribution in [3.8, 4) is 0 Å². The topological polar surface area (TPSA) is 130 Å². The molecule has 1 atom stereocenters. The van der Waals surface area contributed by atoms with Crippen molar-refractivity contribution in [2.24, 2.45) is 0 Å². The number of carboxylic acid groups (broad SMARTS) is 1. The molecular formula is C14H18N2O6S. The van der Waals surface area contributed by atoms with Crippen LogP contribution in [0.4, 0.5) is 5.69 Å². The molecule has 126 valence electrons. The van der Waals surface area contributed by atoms with Gasteiger partial charge in [-0.15, -0.1) is 0 Å². The zero-order valence-corrected chi connectivity index (χ0v) is 13.3. The second-order valence-corrected chi connectivity index (χ2v) is 7.12. The van der Waals surface area contributed by atoms with Gasteiger partial charge in [0.2, 0.25) is 11.8 Å². The number of hydrogen-bond acceptors (Lipinski definition) is 5. The summed E-state index contributed by atoms with van der Waals surface area (Å²) in [5.74, 6) is -3.53. The fourth-order valence-electron chi connectivity index (χ4n) is 1.63. The average Bonchev–Trinajstić information content (AvgIpc) is 2.46. The van der Waals surface area contributed by atoms with Gasteiger partial charge in [-0.1, -0.05) is 18.2 Å². The normalized spacial score (nSPS) is 12.2. The Morgan fingerprint density at radius 1 is 1.17 bits per heavy atom. The highest BCUT2D eigenvalue weighted by Gasteiger charge is 2.30. The molecule has 1 rings (SSSR count). The minimum atomic E-state index is -4.00. The number of hydrogen-bond donors (Lipinski definition) is 3. The number of nitrogens with one attached hydrogen (secondary N) is 2. The van der Waals surface area contributed by atoms with Crippen LogP contribution in [0, 0.1) is 0 Å². The van der Waals surface area contributed by atoms with E-state index in [4.69, 9.17) is 5.11 Å². The third-order valence-electron chi connectivity index (χ3n) is 2.94. The van der Waals surface area contributed by atoms with Gasteiger partial charge in [0.25, 0.3) is 0 Å². The first-order valence-electron chi connectivity index (χ1n) is 6.78.